The summed E-state index contributed by atoms with van der Waals surface area (Å²) in [5.74, 6) is 0.136. The summed E-state index contributed by atoms with van der Waals surface area (Å²) in [6.07, 6.45) is 2.95. The Morgan fingerprint density at radius 3 is 3.06 bits per heavy atom. The molecule has 82 valence electrons. The van der Waals surface area contributed by atoms with Gasteiger partial charge >= 0.3 is 0 Å². The van der Waals surface area contributed by atoms with Gasteiger partial charge in [0.2, 0.25) is 5.75 Å². The normalized spacial score (nSPS) is 16.9. The molecular formula is C11H11BrN3O+. The predicted octanol–water partition coefficient (Wildman–Crippen LogP) is 0.269. The van der Waals surface area contributed by atoms with Gasteiger partial charge in [0.05, 0.1) is 20.7 Å². The number of anilines is 1. The van der Waals surface area contributed by atoms with E-state index in [0.717, 1.165) is 29.2 Å². The highest BCUT2D eigenvalue weighted by atomic mass is 79.9. The molecule has 1 aromatic rings. The molecule has 3 N–H and O–H groups in total. The van der Waals surface area contributed by atoms with E-state index in [4.69, 9.17) is 5.73 Å². The number of nitrogens with zero attached hydrogens (tertiary/aromatic N) is 2. The highest BCUT2D eigenvalue weighted by molar-refractivity contribution is 9.10. The number of benzene rings is 1. The van der Waals surface area contributed by atoms with Gasteiger partial charge in [-0.15, -0.1) is 0 Å². The van der Waals surface area contributed by atoms with Crippen LogP contribution in [0, 0.1) is 0 Å². The number of halogens is 1. The van der Waals surface area contributed by atoms with E-state index in [0.29, 0.717) is 10.2 Å². The van der Waals surface area contributed by atoms with E-state index in [-0.39, 0.29) is 5.75 Å². The molecule has 1 aromatic carbocycles. The lowest BCUT2D eigenvalue weighted by Crippen LogP contribution is -2.32. The minimum Gasteiger partial charge on any atom is -0.501 e. The molecule has 0 saturated heterocycles. The molecule has 16 heavy (non-hydrogen) atoms. The van der Waals surface area contributed by atoms with Crippen LogP contribution in [0.5, 0.6) is 5.75 Å². The Kier molecular flexibility index (Phi) is 1.89. The fourth-order valence-electron chi connectivity index (χ4n) is 2.34. The van der Waals surface area contributed by atoms with Crippen molar-refractivity contribution in [2.24, 2.45) is 4.99 Å². The molecule has 2 heterocycles. The van der Waals surface area contributed by atoms with Gasteiger partial charge in [-0.25, -0.2) is 0 Å². The molecule has 0 spiro atoms. The van der Waals surface area contributed by atoms with E-state index in [2.05, 4.69) is 20.9 Å². The fraction of sp³-hybridized carbons (Fsp3) is 0.273. The minimum absolute atomic E-state index is 0.136. The van der Waals surface area contributed by atoms with Gasteiger partial charge in [-0.1, -0.05) is 0 Å². The fourth-order valence-corrected chi connectivity index (χ4v) is 2.85. The molecule has 0 atom stereocenters. The second-order valence-corrected chi connectivity index (χ2v) is 4.84. The van der Waals surface area contributed by atoms with Gasteiger partial charge in [0.25, 0.3) is 5.69 Å². The van der Waals surface area contributed by atoms with E-state index in [1.165, 1.54) is 5.57 Å². The summed E-state index contributed by atoms with van der Waals surface area (Å²) in [4.78, 5) is 4.47. The van der Waals surface area contributed by atoms with Crippen molar-refractivity contribution in [2.75, 3.05) is 19.3 Å². The third-order valence-corrected chi connectivity index (χ3v) is 3.87. The average molecular weight is 281 g/mol. The van der Waals surface area contributed by atoms with E-state index < -0.39 is 0 Å². The Hall–Kier alpha value is -1.36. The van der Waals surface area contributed by atoms with Crippen molar-refractivity contribution >= 4 is 39.1 Å². The van der Waals surface area contributed by atoms with Crippen LogP contribution in [0.25, 0.3) is 5.57 Å². The molecule has 0 aromatic heterocycles. The maximum atomic E-state index is 10.1. The topological polar surface area (TPSA) is 61.6 Å². The summed E-state index contributed by atoms with van der Waals surface area (Å²) >= 11 is 3.40. The molecule has 0 amide bonds. The largest absolute Gasteiger partial charge is 0.501 e. The molecule has 0 aliphatic carbocycles. The second kappa shape index (κ2) is 3.07. The number of phenols is 1. The molecule has 5 heteroatoms. The molecule has 0 saturated carbocycles. The second-order valence-electron chi connectivity index (χ2n) is 4.05. The Balaban J connectivity index is 2.62. The number of rotatable bonds is 0. The van der Waals surface area contributed by atoms with Crippen molar-refractivity contribution in [2.45, 2.75) is 6.42 Å². The third-order valence-electron chi connectivity index (χ3n) is 3.07. The zero-order valence-electron chi connectivity index (χ0n) is 8.79. The summed E-state index contributed by atoms with van der Waals surface area (Å²) in [7, 11) is 1.91. The van der Waals surface area contributed by atoms with Crippen molar-refractivity contribution in [3.05, 3.63) is 15.0 Å². The van der Waals surface area contributed by atoms with Crippen LogP contribution in [0.2, 0.25) is 0 Å². The first-order chi connectivity index (χ1) is 7.61. The lowest BCUT2D eigenvalue weighted by Gasteiger charge is -2.07. The van der Waals surface area contributed by atoms with Gasteiger partial charge in [0.15, 0.2) is 6.21 Å². The van der Waals surface area contributed by atoms with Crippen LogP contribution in [0.4, 0.5) is 11.4 Å². The van der Waals surface area contributed by atoms with E-state index in [1.807, 2.05) is 17.8 Å². The molecular weight excluding hydrogens is 270 g/mol. The van der Waals surface area contributed by atoms with E-state index in [1.54, 1.807) is 0 Å². The summed E-state index contributed by atoms with van der Waals surface area (Å²) in [6.45, 7) is 0.773. The highest BCUT2D eigenvalue weighted by Gasteiger charge is 2.29. The van der Waals surface area contributed by atoms with Crippen LogP contribution in [0.3, 0.4) is 0 Å². The smallest absolute Gasteiger partial charge is 0.259 e. The number of nitrogens with two attached hydrogens (primary N) is 1. The number of aromatic hydroxyl groups is 1. The SMILES string of the molecule is C[N+]1=CC2=c3c1c(O)c(N)c(Br)c3=NCC2. The molecule has 3 rings (SSSR count). The van der Waals surface area contributed by atoms with Gasteiger partial charge in [0.1, 0.15) is 7.05 Å². The van der Waals surface area contributed by atoms with Crippen molar-refractivity contribution in [1.82, 2.24) is 0 Å². The lowest BCUT2D eigenvalue weighted by atomic mass is 10.1. The molecule has 2 aliphatic rings. The van der Waals surface area contributed by atoms with Gasteiger partial charge < -0.3 is 10.8 Å². The zero-order chi connectivity index (χ0) is 11.4. The quantitative estimate of drug-likeness (QED) is 0.407. The lowest BCUT2D eigenvalue weighted by molar-refractivity contribution is -0.397. The molecule has 0 unspecified atom stereocenters. The number of phenolic OH excluding ortho intramolecular Hbond substituents is 1. The van der Waals surface area contributed by atoms with Crippen molar-refractivity contribution in [1.29, 1.82) is 0 Å². The summed E-state index contributed by atoms with van der Waals surface area (Å²) in [6, 6.07) is 0. The van der Waals surface area contributed by atoms with Crippen LogP contribution in [-0.2, 0) is 0 Å². The molecule has 0 bridgehead atoms. The maximum Gasteiger partial charge on any atom is 0.259 e. The number of hydrogen-bond donors (Lipinski definition) is 2. The average Bonchev–Trinajstić information content (AvgIpc) is 2.60. The first-order valence-corrected chi connectivity index (χ1v) is 5.86. The van der Waals surface area contributed by atoms with Gasteiger partial charge in [-0.05, 0) is 22.4 Å². The first-order valence-electron chi connectivity index (χ1n) is 5.06. The molecule has 4 nitrogen and oxygen atoms in total. The standard InChI is InChI=1S/C11H10BrN3O/c1-15-4-5-2-3-14-9-6(5)10(15)11(16)8(13)7(9)12/h4H,2-3H2,1H3,(H2,13,14)/p+1. The van der Waals surface area contributed by atoms with Crippen LogP contribution in [-0.4, -0.2) is 29.5 Å². The molecule has 2 aliphatic heterocycles. The van der Waals surface area contributed by atoms with E-state index >= 15 is 0 Å². The number of nitrogen functional groups attached to an aromatic ring is 1. The number of hydrogen-bond acceptors (Lipinski definition) is 3. The highest BCUT2D eigenvalue weighted by Crippen LogP contribution is 2.34. The molecule has 0 fully saturated rings. The predicted molar refractivity (Wildman–Crippen MR) is 65.8 cm³/mol. The summed E-state index contributed by atoms with van der Waals surface area (Å²) in [5.41, 5.74) is 8.21. The molecule has 0 radical (unpaired) electrons. The minimum atomic E-state index is 0.136. The van der Waals surface area contributed by atoms with Crippen LogP contribution >= 0.6 is 15.9 Å². The van der Waals surface area contributed by atoms with Gasteiger partial charge in [0, 0.05) is 12.1 Å². The maximum absolute atomic E-state index is 10.1. The Labute approximate surface area is 101 Å². The first kappa shape index (κ1) is 9.84. The Morgan fingerprint density at radius 2 is 2.31 bits per heavy atom. The van der Waals surface area contributed by atoms with Crippen molar-refractivity contribution < 1.29 is 9.68 Å². The van der Waals surface area contributed by atoms with Crippen LogP contribution in [0.1, 0.15) is 6.42 Å². The van der Waals surface area contributed by atoms with Gasteiger partial charge in [-0.3, -0.25) is 4.99 Å². The Morgan fingerprint density at radius 1 is 1.56 bits per heavy atom. The van der Waals surface area contributed by atoms with Gasteiger partial charge in [-0.2, -0.15) is 4.58 Å². The van der Waals surface area contributed by atoms with E-state index in [9.17, 15) is 5.11 Å². The Bertz CT molecular complexity index is 661. The summed E-state index contributed by atoms with van der Waals surface area (Å²) < 4.78 is 2.61. The zero-order valence-corrected chi connectivity index (χ0v) is 10.4. The van der Waals surface area contributed by atoms with Crippen LogP contribution < -0.4 is 16.3 Å². The van der Waals surface area contributed by atoms with Crippen LogP contribution in [0.15, 0.2) is 9.47 Å². The van der Waals surface area contributed by atoms with Crippen molar-refractivity contribution in [3.63, 3.8) is 0 Å². The van der Waals surface area contributed by atoms with Crippen molar-refractivity contribution in [3.8, 4) is 5.75 Å². The summed E-state index contributed by atoms with van der Waals surface area (Å²) in [5, 5.41) is 11.9. The monoisotopic (exact) mass is 280 g/mol. The third kappa shape index (κ3) is 1.04.